The number of benzene rings is 2. The molecule has 2 aromatic rings. The normalized spacial score (nSPS) is 8.68. The van der Waals surface area contributed by atoms with Crippen LogP contribution in [0.2, 0.25) is 0 Å². The van der Waals surface area contributed by atoms with Gasteiger partial charge in [-0.1, -0.05) is 31.9 Å². The van der Waals surface area contributed by atoms with E-state index in [1.54, 1.807) is 24.3 Å². The Morgan fingerprint density at radius 1 is 1.00 bits per heavy atom. The van der Waals surface area contributed by atoms with Crippen molar-refractivity contribution in [2.75, 3.05) is 0 Å². The number of carbonyl (C=O) groups is 1. The summed E-state index contributed by atoms with van der Waals surface area (Å²) in [6, 6.07) is 9.62. The molecule has 0 aliphatic rings. The average Bonchev–Trinajstić information content (AvgIpc) is 2.44. The monoisotopic (exact) mass is 437 g/mol. The number of hydrogen-bond acceptors (Lipinski definition) is 4. The van der Waals surface area contributed by atoms with Crippen LogP contribution in [-0.4, -0.2) is 30.0 Å². The summed E-state index contributed by atoms with van der Waals surface area (Å²) in [4.78, 5) is 10.2. The van der Waals surface area contributed by atoms with E-state index >= 15 is 0 Å². The topological polar surface area (TPSA) is 77.8 Å². The van der Waals surface area contributed by atoms with E-state index in [-0.39, 0.29) is 57.5 Å². The minimum atomic E-state index is -0.134. The van der Waals surface area contributed by atoms with Gasteiger partial charge in [0.2, 0.25) is 0 Å². The minimum Gasteiger partial charge on any atom is -1.00 e. The van der Waals surface area contributed by atoms with Crippen molar-refractivity contribution in [3.8, 4) is 11.5 Å². The van der Waals surface area contributed by atoms with Crippen molar-refractivity contribution >= 4 is 46.6 Å². The van der Waals surface area contributed by atoms with Gasteiger partial charge in [-0.2, -0.15) is 0 Å². The first kappa shape index (κ1) is 24.0. The van der Waals surface area contributed by atoms with E-state index in [0.29, 0.717) is 17.4 Å². The number of carbonyl (C=O) groups excluding carboxylic acids is 1. The van der Waals surface area contributed by atoms with E-state index in [0.717, 1.165) is 8.95 Å². The molecule has 0 aliphatic heterocycles. The fourth-order valence-corrected chi connectivity index (χ4v) is 2.09. The molecule has 0 bridgehead atoms. The van der Waals surface area contributed by atoms with Gasteiger partial charge >= 0.3 is 29.6 Å². The molecule has 0 aliphatic carbocycles. The summed E-state index contributed by atoms with van der Waals surface area (Å²) < 4.78 is 1.64. The molecular formula is C14H13BBr2NaO4. The van der Waals surface area contributed by atoms with E-state index in [9.17, 15) is 4.79 Å². The predicted octanol–water partition coefficient (Wildman–Crippen LogP) is 0.350. The van der Waals surface area contributed by atoms with Gasteiger partial charge in [0.1, 0.15) is 11.5 Å². The first-order chi connectivity index (χ1) is 9.47. The molecule has 8 heteroatoms. The van der Waals surface area contributed by atoms with Gasteiger partial charge in [-0.05, 0) is 36.4 Å². The van der Waals surface area contributed by atoms with Crippen molar-refractivity contribution in [2.45, 2.75) is 6.61 Å². The molecule has 0 unspecified atom stereocenters. The van der Waals surface area contributed by atoms with Gasteiger partial charge in [0, 0.05) is 22.9 Å². The Balaban J connectivity index is -0.000000308. The number of phenols is 2. The van der Waals surface area contributed by atoms with Crippen LogP contribution >= 0.6 is 31.9 Å². The van der Waals surface area contributed by atoms with Crippen LogP contribution in [0.5, 0.6) is 11.5 Å². The van der Waals surface area contributed by atoms with E-state index in [1.165, 1.54) is 12.1 Å². The maximum atomic E-state index is 10.2. The van der Waals surface area contributed by atoms with Crippen LogP contribution in [0, 0.1) is 0 Å². The number of aromatic hydroxyl groups is 2. The van der Waals surface area contributed by atoms with Crippen LogP contribution < -0.4 is 29.6 Å². The minimum absolute atomic E-state index is 0. The smallest absolute Gasteiger partial charge is 1.00 e. The third-order valence-electron chi connectivity index (χ3n) is 2.33. The van der Waals surface area contributed by atoms with Crippen molar-refractivity contribution in [1.29, 1.82) is 0 Å². The van der Waals surface area contributed by atoms with Crippen LogP contribution in [-0.2, 0) is 6.61 Å². The Labute approximate surface area is 171 Å². The molecule has 0 aromatic heterocycles. The van der Waals surface area contributed by atoms with Gasteiger partial charge in [-0.3, -0.25) is 4.79 Å². The van der Waals surface area contributed by atoms with E-state index < -0.39 is 0 Å². The van der Waals surface area contributed by atoms with E-state index in [2.05, 4.69) is 31.9 Å². The van der Waals surface area contributed by atoms with Gasteiger partial charge in [0.15, 0.2) is 6.29 Å². The maximum Gasteiger partial charge on any atom is 1.00 e. The summed E-state index contributed by atoms with van der Waals surface area (Å²) in [5.41, 5.74) is 0.837. The molecule has 0 spiro atoms. The molecular weight excluding hydrogens is 426 g/mol. The molecule has 2 rings (SSSR count). The largest absolute Gasteiger partial charge is 1.00 e. The molecule has 0 saturated carbocycles. The Morgan fingerprint density at radius 2 is 1.50 bits per heavy atom. The molecule has 0 amide bonds. The summed E-state index contributed by atoms with van der Waals surface area (Å²) in [5.74, 6) is 0.143. The third-order valence-corrected chi connectivity index (χ3v) is 3.31. The summed E-state index contributed by atoms with van der Waals surface area (Å²) in [6.45, 7) is -0.134. The molecule has 0 fully saturated rings. The third kappa shape index (κ3) is 7.81. The Bertz CT molecular complexity index is 617. The number of hydrogen-bond donors (Lipinski definition) is 3. The van der Waals surface area contributed by atoms with Gasteiger partial charge in [0.05, 0.1) is 12.2 Å². The van der Waals surface area contributed by atoms with Gasteiger partial charge in [0.25, 0.3) is 0 Å². The number of aliphatic hydroxyl groups excluding tert-OH is 1. The number of aldehydes is 1. The maximum absolute atomic E-state index is 10.2. The van der Waals surface area contributed by atoms with Crippen LogP contribution in [0.1, 0.15) is 17.3 Å². The molecule has 22 heavy (non-hydrogen) atoms. The molecule has 0 atom stereocenters. The molecule has 3 radical (unpaired) electrons. The zero-order chi connectivity index (χ0) is 15.1. The summed E-state index contributed by atoms with van der Waals surface area (Å²) in [5, 5.41) is 26.7. The number of phenolic OH excluding ortho intramolecular Hbond substituents is 1. The van der Waals surface area contributed by atoms with Crippen molar-refractivity contribution in [3.05, 3.63) is 56.5 Å². The first-order valence-electron chi connectivity index (χ1n) is 5.50. The average molecular weight is 439 g/mol. The quantitative estimate of drug-likeness (QED) is 0.467. The zero-order valence-electron chi connectivity index (χ0n) is 12.8. The van der Waals surface area contributed by atoms with Gasteiger partial charge in [-0.15, -0.1) is 0 Å². The fraction of sp³-hybridized carbons (Fsp3) is 0.0714. The zero-order valence-corrected chi connectivity index (χ0v) is 17.0. The van der Waals surface area contributed by atoms with Crippen molar-refractivity contribution < 1.29 is 51.1 Å². The number of aliphatic hydroxyl groups is 1. The molecule has 0 heterocycles. The van der Waals surface area contributed by atoms with Crippen molar-refractivity contribution in [2.24, 2.45) is 0 Å². The molecule has 3 N–H and O–H groups in total. The summed E-state index contributed by atoms with van der Waals surface area (Å²) >= 11 is 6.38. The van der Waals surface area contributed by atoms with Crippen LogP contribution in [0.4, 0.5) is 0 Å². The molecule has 111 valence electrons. The first-order valence-corrected chi connectivity index (χ1v) is 7.08. The van der Waals surface area contributed by atoms with Crippen molar-refractivity contribution in [3.63, 3.8) is 0 Å². The van der Waals surface area contributed by atoms with Crippen LogP contribution in [0.15, 0.2) is 45.3 Å². The second-order valence-corrected chi connectivity index (χ2v) is 5.58. The summed E-state index contributed by atoms with van der Waals surface area (Å²) in [6.07, 6.45) is 0.611. The molecule has 4 nitrogen and oxygen atoms in total. The molecule has 2 aromatic carbocycles. The van der Waals surface area contributed by atoms with Crippen LogP contribution in [0.3, 0.4) is 0 Å². The van der Waals surface area contributed by atoms with Crippen LogP contribution in [0.25, 0.3) is 0 Å². The predicted molar refractivity (Wildman–Crippen MR) is 89.8 cm³/mol. The number of rotatable bonds is 2. The fourth-order valence-electron chi connectivity index (χ4n) is 1.30. The van der Waals surface area contributed by atoms with Gasteiger partial charge < -0.3 is 16.7 Å². The summed E-state index contributed by atoms with van der Waals surface area (Å²) in [7, 11) is 0. The number of halogens is 2. The van der Waals surface area contributed by atoms with E-state index in [4.69, 9.17) is 15.3 Å². The molecule has 0 saturated heterocycles. The Kier molecular flexibility index (Phi) is 13.2. The second kappa shape index (κ2) is 12.2. The standard InChI is InChI=1S/C7H7BrO2.C7H5BrO2.B.Na.H/c2*8-6-1-2-7(10)5(3-6)4-9;;;/h1-3,9-10H,4H2;1-4,10H;;;/q;;;+1;-1. The van der Waals surface area contributed by atoms with E-state index in [1.807, 2.05) is 0 Å². The van der Waals surface area contributed by atoms with Gasteiger partial charge in [-0.25, -0.2) is 0 Å². The second-order valence-electron chi connectivity index (χ2n) is 3.75. The SMILES string of the molecule is O=Cc1cc(Br)ccc1O.OCc1cc(Br)ccc1O.[B].[H-].[Na+]. The Morgan fingerprint density at radius 3 is 1.91 bits per heavy atom. The Hall–Kier alpha value is -0.305. The van der Waals surface area contributed by atoms with Crippen molar-refractivity contribution in [1.82, 2.24) is 0 Å².